The zero-order chi connectivity index (χ0) is 11.0. The SMILES string of the molecule is CC.CCc1ccc(COC)c(Cl)c1. The predicted molar refractivity (Wildman–Crippen MR) is 62.9 cm³/mol. The Kier molecular flexibility index (Phi) is 7.54. The third-order valence-electron chi connectivity index (χ3n) is 1.83. The zero-order valence-electron chi connectivity index (χ0n) is 9.43. The third kappa shape index (κ3) is 4.12. The van der Waals surface area contributed by atoms with Gasteiger partial charge in [0.25, 0.3) is 0 Å². The van der Waals surface area contributed by atoms with Gasteiger partial charge in [0.2, 0.25) is 0 Å². The molecule has 0 saturated carbocycles. The van der Waals surface area contributed by atoms with Crippen LogP contribution in [0.3, 0.4) is 0 Å². The summed E-state index contributed by atoms with van der Waals surface area (Å²) in [7, 11) is 1.67. The van der Waals surface area contributed by atoms with Gasteiger partial charge in [-0.3, -0.25) is 0 Å². The van der Waals surface area contributed by atoms with Crippen molar-refractivity contribution >= 4 is 11.6 Å². The molecule has 0 spiro atoms. The van der Waals surface area contributed by atoms with E-state index in [1.54, 1.807) is 7.11 Å². The van der Waals surface area contributed by atoms with Gasteiger partial charge in [-0.05, 0) is 23.6 Å². The Morgan fingerprint density at radius 3 is 2.36 bits per heavy atom. The molecule has 1 rings (SSSR count). The molecule has 0 saturated heterocycles. The molecular formula is C12H19ClO. The molecule has 1 aromatic rings. The molecule has 0 bridgehead atoms. The summed E-state index contributed by atoms with van der Waals surface area (Å²) >= 11 is 6.01. The van der Waals surface area contributed by atoms with E-state index in [1.165, 1.54) is 5.56 Å². The van der Waals surface area contributed by atoms with Crippen LogP contribution in [0.5, 0.6) is 0 Å². The van der Waals surface area contributed by atoms with Crippen LogP contribution in [-0.4, -0.2) is 7.11 Å². The molecule has 1 nitrogen and oxygen atoms in total. The number of methoxy groups -OCH3 is 1. The largest absolute Gasteiger partial charge is 0.380 e. The predicted octanol–water partition coefficient (Wildman–Crippen LogP) is 4.08. The molecule has 2 heteroatoms. The Hall–Kier alpha value is -0.530. The standard InChI is InChI=1S/C10H13ClO.C2H6/c1-3-8-4-5-9(7-12-2)10(11)6-8;1-2/h4-6H,3,7H2,1-2H3;1-2H3. The van der Waals surface area contributed by atoms with Crippen molar-refractivity contribution in [1.29, 1.82) is 0 Å². The highest BCUT2D eigenvalue weighted by Crippen LogP contribution is 2.18. The number of rotatable bonds is 3. The molecule has 0 aliphatic heterocycles. The minimum absolute atomic E-state index is 0.586. The smallest absolute Gasteiger partial charge is 0.0727 e. The fraction of sp³-hybridized carbons (Fsp3) is 0.500. The first-order valence-electron chi connectivity index (χ1n) is 5.04. The molecule has 0 unspecified atom stereocenters. The first-order valence-corrected chi connectivity index (χ1v) is 5.42. The normalized spacial score (nSPS) is 9.21. The van der Waals surface area contributed by atoms with Gasteiger partial charge < -0.3 is 4.74 Å². The fourth-order valence-corrected chi connectivity index (χ4v) is 1.34. The summed E-state index contributed by atoms with van der Waals surface area (Å²) in [4.78, 5) is 0. The lowest BCUT2D eigenvalue weighted by molar-refractivity contribution is 0.185. The Labute approximate surface area is 92.0 Å². The first kappa shape index (κ1) is 13.5. The van der Waals surface area contributed by atoms with E-state index >= 15 is 0 Å². The minimum Gasteiger partial charge on any atom is -0.380 e. The highest BCUT2D eigenvalue weighted by molar-refractivity contribution is 6.31. The van der Waals surface area contributed by atoms with E-state index in [0.29, 0.717) is 6.61 Å². The van der Waals surface area contributed by atoms with Crippen molar-refractivity contribution in [2.24, 2.45) is 0 Å². The second kappa shape index (κ2) is 7.84. The third-order valence-corrected chi connectivity index (χ3v) is 2.18. The van der Waals surface area contributed by atoms with E-state index in [0.717, 1.165) is 17.0 Å². The van der Waals surface area contributed by atoms with E-state index in [-0.39, 0.29) is 0 Å². The lowest BCUT2D eigenvalue weighted by Crippen LogP contribution is -1.90. The van der Waals surface area contributed by atoms with Crippen LogP contribution in [0.15, 0.2) is 18.2 Å². The van der Waals surface area contributed by atoms with E-state index in [1.807, 2.05) is 26.0 Å². The van der Waals surface area contributed by atoms with Crippen molar-refractivity contribution in [1.82, 2.24) is 0 Å². The molecule has 0 heterocycles. The molecule has 0 N–H and O–H groups in total. The Morgan fingerprint density at radius 1 is 1.29 bits per heavy atom. The summed E-state index contributed by atoms with van der Waals surface area (Å²) in [5.74, 6) is 0. The van der Waals surface area contributed by atoms with Gasteiger partial charge in [-0.15, -0.1) is 0 Å². The number of aryl methyl sites for hydroxylation is 1. The topological polar surface area (TPSA) is 9.23 Å². The zero-order valence-corrected chi connectivity index (χ0v) is 10.2. The molecular weight excluding hydrogens is 196 g/mol. The van der Waals surface area contributed by atoms with Crippen LogP contribution in [0, 0.1) is 0 Å². The monoisotopic (exact) mass is 214 g/mol. The number of benzene rings is 1. The molecule has 0 radical (unpaired) electrons. The Bertz CT molecular complexity index is 258. The molecule has 14 heavy (non-hydrogen) atoms. The van der Waals surface area contributed by atoms with Crippen molar-refractivity contribution in [2.75, 3.05) is 7.11 Å². The van der Waals surface area contributed by atoms with Gasteiger partial charge in [-0.1, -0.05) is 44.5 Å². The lowest BCUT2D eigenvalue weighted by atomic mass is 10.1. The average molecular weight is 215 g/mol. The summed E-state index contributed by atoms with van der Waals surface area (Å²) in [6.45, 7) is 6.70. The number of hydrogen-bond acceptors (Lipinski definition) is 1. The minimum atomic E-state index is 0.586. The second-order valence-electron chi connectivity index (χ2n) is 2.71. The van der Waals surface area contributed by atoms with Gasteiger partial charge in [0.1, 0.15) is 0 Å². The summed E-state index contributed by atoms with van der Waals surface area (Å²) in [5.41, 5.74) is 2.32. The summed E-state index contributed by atoms with van der Waals surface area (Å²) < 4.78 is 5.00. The molecule has 0 fully saturated rings. The van der Waals surface area contributed by atoms with Gasteiger partial charge in [0.15, 0.2) is 0 Å². The van der Waals surface area contributed by atoms with Gasteiger partial charge in [-0.2, -0.15) is 0 Å². The van der Waals surface area contributed by atoms with Crippen LogP contribution in [-0.2, 0) is 17.8 Å². The summed E-state index contributed by atoms with van der Waals surface area (Å²) in [6, 6.07) is 6.10. The summed E-state index contributed by atoms with van der Waals surface area (Å²) in [6.07, 6.45) is 1.02. The maximum Gasteiger partial charge on any atom is 0.0727 e. The van der Waals surface area contributed by atoms with Gasteiger partial charge in [0.05, 0.1) is 6.61 Å². The highest BCUT2D eigenvalue weighted by atomic mass is 35.5. The lowest BCUT2D eigenvalue weighted by Gasteiger charge is -2.04. The van der Waals surface area contributed by atoms with E-state index in [2.05, 4.69) is 13.0 Å². The van der Waals surface area contributed by atoms with Crippen LogP contribution in [0.2, 0.25) is 5.02 Å². The van der Waals surface area contributed by atoms with Crippen LogP contribution in [0.25, 0.3) is 0 Å². The first-order chi connectivity index (χ1) is 6.77. The Morgan fingerprint density at radius 2 is 1.93 bits per heavy atom. The van der Waals surface area contributed by atoms with Crippen LogP contribution < -0.4 is 0 Å². The van der Waals surface area contributed by atoms with E-state index in [4.69, 9.17) is 16.3 Å². The molecule has 0 atom stereocenters. The van der Waals surface area contributed by atoms with Crippen molar-refractivity contribution in [2.45, 2.75) is 33.8 Å². The molecule has 1 aromatic carbocycles. The maximum atomic E-state index is 6.01. The van der Waals surface area contributed by atoms with E-state index < -0.39 is 0 Å². The van der Waals surface area contributed by atoms with Crippen molar-refractivity contribution in [3.63, 3.8) is 0 Å². The number of halogens is 1. The number of ether oxygens (including phenoxy) is 1. The van der Waals surface area contributed by atoms with Crippen LogP contribution >= 0.6 is 11.6 Å². The number of hydrogen-bond donors (Lipinski definition) is 0. The molecule has 0 amide bonds. The van der Waals surface area contributed by atoms with Crippen molar-refractivity contribution < 1.29 is 4.74 Å². The quantitative estimate of drug-likeness (QED) is 0.737. The Balaban J connectivity index is 0.000000791. The van der Waals surface area contributed by atoms with Crippen LogP contribution in [0.4, 0.5) is 0 Å². The highest BCUT2D eigenvalue weighted by Gasteiger charge is 1.99. The van der Waals surface area contributed by atoms with Crippen LogP contribution in [0.1, 0.15) is 31.9 Å². The van der Waals surface area contributed by atoms with Crippen molar-refractivity contribution in [3.8, 4) is 0 Å². The van der Waals surface area contributed by atoms with Gasteiger partial charge >= 0.3 is 0 Å². The maximum absolute atomic E-state index is 6.01. The second-order valence-corrected chi connectivity index (χ2v) is 3.12. The van der Waals surface area contributed by atoms with Gasteiger partial charge in [-0.25, -0.2) is 0 Å². The fourth-order valence-electron chi connectivity index (χ4n) is 1.08. The molecule has 0 aliphatic carbocycles. The van der Waals surface area contributed by atoms with E-state index in [9.17, 15) is 0 Å². The molecule has 80 valence electrons. The molecule has 0 aliphatic rings. The summed E-state index contributed by atoms with van der Waals surface area (Å²) in [5, 5.41) is 0.802. The van der Waals surface area contributed by atoms with Gasteiger partial charge in [0, 0.05) is 12.1 Å². The average Bonchev–Trinajstić information content (AvgIpc) is 2.24. The molecule has 0 aromatic heterocycles. The van der Waals surface area contributed by atoms with Crippen molar-refractivity contribution in [3.05, 3.63) is 34.3 Å².